The fourth-order valence-corrected chi connectivity index (χ4v) is 3.90. The number of nitriles is 1. The zero-order valence-corrected chi connectivity index (χ0v) is 18.0. The third-order valence-corrected chi connectivity index (χ3v) is 5.64. The summed E-state index contributed by atoms with van der Waals surface area (Å²) in [5.41, 5.74) is 3.72. The zero-order valence-electron chi connectivity index (χ0n) is 17.2. The van der Waals surface area contributed by atoms with Gasteiger partial charge in [-0.25, -0.2) is 4.79 Å². The summed E-state index contributed by atoms with van der Waals surface area (Å²) in [6, 6.07) is 22.9. The van der Waals surface area contributed by atoms with Gasteiger partial charge in [0.15, 0.2) is 0 Å². The molecule has 7 heteroatoms. The summed E-state index contributed by atoms with van der Waals surface area (Å²) in [5.74, 6) is -0.146. The molecular weight excluding hydrogens is 424 g/mol. The molecule has 1 aliphatic rings. The van der Waals surface area contributed by atoms with Gasteiger partial charge >= 0.3 is 6.03 Å². The van der Waals surface area contributed by atoms with Crippen LogP contribution in [0, 0.1) is 11.3 Å². The number of carbonyl (C=O) groups excluding carboxylic acids is 2. The van der Waals surface area contributed by atoms with Gasteiger partial charge in [0.1, 0.15) is 6.04 Å². The van der Waals surface area contributed by atoms with Gasteiger partial charge in [-0.05, 0) is 66.4 Å². The van der Waals surface area contributed by atoms with E-state index in [0.717, 1.165) is 23.2 Å². The summed E-state index contributed by atoms with van der Waals surface area (Å²) in [4.78, 5) is 27.1. The predicted octanol–water partition coefficient (Wildman–Crippen LogP) is 5.20. The van der Waals surface area contributed by atoms with E-state index in [-0.39, 0.29) is 5.91 Å². The van der Waals surface area contributed by atoms with Crippen molar-refractivity contribution in [2.75, 3.05) is 16.8 Å². The van der Waals surface area contributed by atoms with Gasteiger partial charge in [0.05, 0.1) is 11.6 Å². The number of nitrogens with one attached hydrogen (secondary N) is 2. The van der Waals surface area contributed by atoms with E-state index in [9.17, 15) is 14.9 Å². The normalized spacial score (nSPS) is 15.7. The molecule has 1 atom stereocenters. The summed E-state index contributed by atoms with van der Waals surface area (Å²) in [6.45, 7) is 0.587. The lowest BCUT2D eigenvalue weighted by molar-refractivity contribution is -0.121. The first-order chi connectivity index (χ1) is 15.5. The number of piperidine rings is 1. The highest BCUT2D eigenvalue weighted by Crippen LogP contribution is 2.27. The molecule has 1 saturated heterocycles. The van der Waals surface area contributed by atoms with Gasteiger partial charge in [-0.15, -0.1) is 0 Å². The largest absolute Gasteiger partial charge is 0.326 e. The Bertz CT molecular complexity index is 1170. The van der Waals surface area contributed by atoms with E-state index in [1.54, 1.807) is 35.2 Å². The highest BCUT2D eigenvalue weighted by molar-refractivity contribution is 6.30. The second-order valence-corrected chi connectivity index (χ2v) is 7.93. The van der Waals surface area contributed by atoms with Crippen LogP contribution < -0.4 is 15.5 Å². The van der Waals surface area contributed by atoms with Gasteiger partial charge < -0.3 is 15.5 Å². The molecule has 1 fully saturated rings. The fraction of sp³-hybridized carbons (Fsp3) is 0.160. The first-order valence-electron chi connectivity index (χ1n) is 10.3. The number of halogens is 1. The van der Waals surface area contributed by atoms with Gasteiger partial charge in [0, 0.05) is 22.9 Å². The average Bonchev–Trinajstić information content (AvgIpc) is 2.82. The van der Waals surface area contributed by atoms with Gasteiger partial charge in [0.25, 0.3) is 0 Å². The minimum Gasteiger partial charge on any atom is -0.326 e. The Morgan fingerprint density at radius 3 is 2.47 bits per heavy atom. The number of rotatable bonds is 4. The Kier molecular flexibility index (Phi) is 6.39. The van der Waals surface area contributed by atoms with E-state index in [1.165, 1.54) is 0 Å². The molecule has 0 bridgehead atoms. The first kappa shape index (κ1) is 21.4. The van der Waals surface area contributed by atoms with E-state index in [2.05, 4.69) is 16.7 Å². The predicted molar refractivity (Wildman–Crippen MR) is 126 cm³/mol. The second kappa shape index (κ2) is 9.54. The summed E-state index contributed by atoms with van der Waals surface area (Å²) < 4.78 is 0. The number of hydrogen-bond donors (Lipinski definition) is 2. The van der Waals surface area contributed by atoms with E-state index in [0.29, 0.717) is 29.2 Å². The topological polar surface area (TPSA) is 85.2 Å². The zero-order chi connectivity index (χ0) is 22.5. The quantitative estimate of drug-likeness (QED) is 0.580. The maximum Gasteiger partial charge on any atom is 0.319 e. The van der Waals surface area contributed by atoms with Crippen LogP contribution in [0.2, 0.25) is 5.02 Å². The molecule has 160 valence electrons. The lowest BCUT2D eigenvalue weighted by Gasteiger charge is -2.32. The van der Waals surface area contributed by atoms with Crippen molar-refractivity contribution in [2.24, 2.45) is 0 Å². The van der Waals surface area contributed by atoms with E-state index in [1.807, 2.05) is 42.5 Å². The van der Waals surface area contributed by atoms with Crippen LogP contribution in [-0.4, -0.2) is 24.5 Å². The second-order valence-electron chi connectivity index (χ2n) is 7.49. The molecule has 0 saturated carbocycles. The molecule has 0 unspecified atom stereocenters. The highest BCUT2D eigenvalue weighted by atomic mass is 35.5. The van der Waals surface area contributed by atoms with Crippen LogP contribution in [0.5, 0.6) is 0 Å². The van der Waals surface area contributed by atoms with Crippen molar-refractivity contribution in [3.63, 3.8) is 0 Å². The van der Waals surface area contributed by atoms with Gasteiger partial charge in [-0.1, -0.05) is 41.9 Å². The SMILES string of the molecule is N#Cc1ccccc1-c1ccc(N2CCC[C@@H](NC(=O)Nc3ccc(Cl)cc3)C2=O)cc1. The third kappa shape index (κ3) is 4.74. The monoisotopic (exact) mass is 444 g/mol. The summed E-state index contributed by atoms with van der Waals surface area (Å²) in [7, 11) is 0. The molecule has 0 spiro atoms. The number of amides is 3. The third-order valence-electron chi connectivity index (χ3n) is 5.38. The molecule has 0 radical (unpaired) electrons. The van der Waals surface area contributed by atoms with Crippen LogP contribution in [0.1, 0.15) is 18.4 Å². The van der Waals surface area contributed by atoms with E-state index in [4.69, 9.17) is 11.6 Å². The number of hydrogen-bond acceptors (Lipinski definition) is 3. The number of carbonyl (C=O) groups is 2. The molecule has 6 nitrogen and oxygen atoms in total. The molecule has 3 aromatic carbocycles. The van der Waals surface area contributed by atoms with Crippen LogP contribution in [0.4, 0.5) is 16.2 Å². The molecule has 4 rings (SSSR count). The smallest absolute Gasteiger partial charge is 0.319 e. The average molecular weight is 445 g/mol. The first-order valence-corrected chi connectivity index (χ1v) is 10.7. The molecule has 3 amide bonds. The minimum absolute atomic E-state index is 0.146. The Morgan fingerprint density at radius 2 is 1.75 bits per heavy atom. The Balaban J connectivity index is 1.44. The Hall–Kier alpha value is -3.82. The Morgan fingerprint density at radius 1 is 1.03 bits per heavy atom. The molecule has 0 aromatic heterocycles. The molecular formula is C25H21ClN4O2. The van der Waals surface area contributed by atoms with Crippen molar-refractivity contribution in [3.05, 3.63) is 83.4 Å². The van der Waals surface area contributed by atoms with Crippen LogP contribution in [-0.2, 0) is 4.79 Å². The standard InChI is InChI=1S/C25H21ClN4O2/c26-19-9-11-20(12-10-19)28-25(32)29-23-6-3-15-30(24(23)31)21-13-7-17(8-14-21)22-5-2-1-4-18(22)16-27/h1-2,4-5,7-14,23H,3,6,15H2,(H2,28,29,32)/t23-/m1/s1. The van der Waals surface area contributed by atoms with E-state index < -0.39 is 12.1 Å². The number of benzene rings is 3. The number of anilines is 2. The number of nitrogens with zero attached hydrogens (tertiary/aromatic N) is 2. The molecule has 1 heterocycles. The number of urea groups is 1. The van der Waals surface area contributed by atoms with Crippen molar-refractivity contribution in [2.45, 2.75) is 18.9 Å². The maximum atomic E-state index is 13.0. The summed E-state index contributed by atoms with van der Waals surface area (Å²) >= 11 is 5.86. The maximum absolute atomic E-state index is 13.0. The molecule has 2 N–H and O–H groups in total. The Labute approximate surface area is 191 Å². The van der Waals surface area contributed by atoms with Gasteiger partial charge in [-0.3, -0.25) is 4.79 Å². The van der Waals surface area contributed by atoms with Crippen molar-refractivity contribution >= 4 is 34.9 Å². The van der Waals surface area contributed by atoms with E-state index >= 15 is 0 Å². The highest BCUT2D eigenvalue weighted by Gasteiger charge is 2.30. The van der Waals surface area contributed by atoms with Crippen LogP contribution in [0.15, 0.2) is 72.8 Å². The molecule has 0 aliphatic carbocycles. The lowest BCUT2D eigenvalue weighted by Crippen LogP contribution is -2.53. The fourth-order valence-electron chi connectivity index (χ4n) is 3.78. The van der Waals surface area contributed by atoms with Crippen LogP contribution in [0.25, 0.3) is 11.1 Å². The summed E-state index contributed by atoms with van der Waals surface area (Å²) in [5, 5.41) is 15.4. The van der Waals surface area contributed by atoms with Gasteiger partial charge in [-0.2, -0.15) is 5.26 Å². The minimum atomic E-state index is -0.602. The molecule has 1 aliphatic heterocycles. The summed E-state index contributed by atoms with van der Waals surface area (Å²) in [6.07, 6.45) is 1.35. The van der Waals surface area contributed by atoms with Gasteiger partial charge in [0.2, 0.25) is 5.91 Å². The molecule has 3 aromatic rings. The van der Waals surface area contributed by atoms with Crippen molar-refractivity contribution in [1.29, 1.82) is 5.26 Å². The van der Waals surface area contributed by atoms with Crippen LogP contribution in [0.3, 0.4) is 0 Å². The van der Waals surface area contributed by atoms with Crippen molar-refractivity contribution in [3.8, 4) is 17.2 Å². The lowest BCUT2D eigenvalue weighted by atomic mass is 9.99. The van der Waals surface area contributed by atoms with Crippen molar-refractivity contribution in [1.82, 2.24) is 5.32 Å². The van der Waals surface area contributed by atoms with Crippen LogP contribution >= 0.6 is 11.6 Å². The van der Waals surface area contributed by atoms with Crippen molar-refractivity contribution < 1.29 is 9.59 Å². The molecule has 32 heavy (non-hydrogen) atoms.